The molecule has 1 amide bonds. The van der Waals surface area contributed by atoms with Gasteiger partial charge in [-0.05, 0) is 24.6 Å². The van der Waals surface area contributed by atoms with Gasteiger partial charge in [0.2, 0.25) is 5.91 Å². The molecule has 4 heteroatoms. The van der Waals surface area contributed by atoms with E-state index in [9.17, 15) is 4.79 Å². The lowest BCUT2D eigenvalue weighted by molar-refractivity contribution is -0.125. The molecule has 1 aromatic carbocycles. The molecule has 2 unspecified atom stereocenters. The quantitative estimate of drug-likeness (QED) is 0.628. The highest BCUT2D eigenvalue weighted by atomic mass is 16.3. The minimum atomic E-state index is -0.311. The number of benzene rings is 1. The second-order valence-corrected chi connectivity index (χ2v) is 3.84. The highest BCUT2D eigenvalue weighted by molar-refractivity contribution is 5.84. The van der Waals surface area contributed by atoms with Gasteiger partial charge in [-0.3, -0.25) is 10.1 Å². The number of carbonyl (C=O) groups is 1. The number of rotatable bonds is 1. The van der Waals surface area contributed by atoms with Gasteiger partial charge in [0.1, 0.15) is 11.8 Å². The van der Waals surface area contributed by atoms with Gasteiger partial charge < -0.3 is 10.4 Å². The molecule has 3 N–H and O–H groups in total. The molecule has 1 aromatic rings. The van der Waals surface area contributed by atoms with Crippen LogP contribution in [0.15, 0.2) is 24.3 Å². The highest BCUT2D eigenvalue weighted by Gasteiger charge is 2.26. The van der Waals surface area contributed by atoms with Crippen molar-refractivity contribution in [2.24, 2.45) is 0 Å². The topological polar surface area (TPSA) is 61.4 Å². The number of hydrogen-bond acceptors (Lipinski definition) is 3. The van der Waals surface area contributed by atoms with E-state index in [0.717, 1.165) is 5.56 Å². The molecule has 2 rings (SSSR count). The van der Waals surface area contributed by atoms with Gasteiger partial charge in [0.15, 0.2) is 0 Å². The molecule has 1 heterocycles. The molecule has 0 radical (unpaired) electrons. The second kappa shape index (κ2) is 3.90. The van der Waals surface area contributed by atoms with E-state index in [4.69, 9.17) is 5.11 Å². The number of aromatic hydroxyl groups is 1. The number of hydrogen-bond donors (Lipinski definition) is 3. The maximum atomic E-state index is 11.6. The van der Waals surface area contributed by atoms with Gasteiger partial charge >= 0.3 is 0 Å². The maximum absolute atomic E-state index is 11.6. The summed E-state index contributed by atoms with van der Waals surface area (Å²) in [6.07, 6.45) is 0. The van der Waals surface area contributed by atoms with E-state index in [2.05, 4.69) is 10.6 Å². The van der Waals surface area contributed by atoms with Crippen LogP contribution in [0.2, 0.25) is 0 Å². The Kier molecular flexibility index (Phi) is 2.60. The van der Waals surface area contributed by atoms with E-state index in [0.29, 0.717) is 6.54 Å². The average Bonchev–Trinajstić information content (AvgIpc) is 2.23. The molecule has 1 fully saturated rings. The van der Waals surface area contributed by atoms with Crippen LogP contribution in [0.4, 0.5) is 0 Å². The Morgan fingerprint density at radius 1 is 1.33 bits per heavy atom. The molecular formula is C11H14N2O2. The van der Waals surface area contributed by atoms with Crippen molar-refractivity contribution in [3.05, 3.63) is 29.8 Å². The Morgan fingerprint density at radius 2 is 2.00 bits per heavy atom. The van der Waals surface area contributed by atoms with Crippen LogP contribution in [0, 0.1) is 0 Å². The van der Waals surface area contributed by atoms with Gasteiger partial charge in [0.05, 0.1) is 0 Å². The summed E-state index contributed by atoms with van der Waals surface area (Å²) in [6.45, 7) is 2.68. The van der Waals surface area contributed by atoms with Crippen molar-refractivity contribution in [1.82, 2.24) is 10.6 Å². The zero-order valence-corrected chi connectivity index (χ0v) is 8.53. The van der Waals surface area contributed by atoms with Crippen molar-refractivity contribution in [2.75, 3.05) is 6.54 Å². The van der Waals surface area contributed by atoms with E-state index in [1.54, 1.807) is 24.3 Å². The molecule has 1 aliphatic rings. The summed E-state index contributed by atoms with van der Waals surface area (Å²) >= 11 is 0. The van der Waals surface area contributed by atoms with Crippen LogP contribution in [0.25, 0.3) is 0 Å². The number of piperazine rings is 1. The average molecular weight is 206 g/mol. The Morgan fingerprint density at radius 3 is 2.67 bits per heavy atom. The molecule has 1 saturated heterocycles. The van der Waals surface area contributed by atoms with Gasteiger partial charge in [-0.25, -0.2) is 0 Å². The van der Waals surface area contributed by atoms with Crippen molar-refractivity contribution in [1.29, 1.82) is 0 Å². The predicted molar refractivity (Wildman–Crippen MR) is 56.5 cm³/mol. The molecule has 0 aromatic heterocycles. The van der Waals surface area contributed by atoms with Gasteiger partial charge in [0.25, 0.3) is 0 Å². The van der Waals surface area contributed by atoms with E-state index >= 15 is 0 Å². The largest absolute Gasteiger partial charge is 0.508 e. The van der Waals surface area contributed by atoms with E-state index in [1.165, 1.54) is 0 Å². The van der Waals surface area contributed by atoms with E-state index in [1.807, 2.05) is 6.92 Å². The van der Waals surface area contributed by atoms with Crippen LogP contribution in [-0.2, 0) is 4.79 Å². The molecule has 2 atom stereocenters. The first kappa shape index (κ1) is 9.98. The van der Waals surface area contributed by atoms with Crippen LogP contribution >= 0.6 is 0 Å². The van der Waals surface area contributed by atoms with E-state index < -0.39 is 0 Å². The lowest BCUT2D eigenvalue weighted by Gasteiger charge is -2.28. The maximum Gasteiger partial charge on any atom is 0.241 e. The molecule has 0 bridgehead atoms. The monoisotopic (exact) mass is 206 g/mol. The smallest absolute Gasteiger partial charge is 0.241 e. The molecular weight excluding hydrogens is 192 g/mol. The van der Waals surface area contributed by atoms with Crippen LogP contribution in [0.1, 0.15) is 18.5 Å². The fraction of sp³-hybridized carbons (Fsp3) is 0.364. The highest BCUT2D eigenvalue weighted by Crippen LogP contribution is 2.19. The van der Waals surface area contributed by atoms with Crippen molar-refractivity contribution in [3.8, 4) is 5.75 Å². The zero-order chi connectivity index (χ0) is 10.8. The summed E-state index contributed by atoms with van der Waals surface area (Å²) in [5, 5.41) is 15.2. The SMILES string of the molecule is CC1CNC(=O)C(c2ccc(O)cc2)N1. The van der Waals surface area contributed by atoms with Crippen LogP contribution in [0.5, 0.6) is 5.75 Å². The lowest BCUT2D eigenvalue weighted by atomic mass is 10.0. The van der Waals surface area contributed by atoms with Gasteiger partial charge in [0, 0.05) is 12.6 Å². The summed E-state index contributed by atoms with van der Waals surface area (Å²) in [4.78, 5) is 11.6. The van der Waals surface area contributed by atoms with Crippen molar-refractivity contribution >= 4 is 5.91 Å². The molecule has 0 saturated carbocycles. The first-order valence-corrected chi connectivity index (χ1v) is 4.99. The summed E-state index contributed by atoms with van der Waals surface area (Å²) in [6, 6.07) is 6.64. The fourth-order valence-electron chi connectivity index (χ4n) is 1.69. The van der Waals surface area contributed by atoms with Crippen molar-refractivity contribution < 1.29 is 9.90 Å². The number of carbonyl (C=O) groups excluding carboxylic acids is 1. The third-order valence-corrected chi connectivity index (χ3v) is 2.52. The third-order valence-electron chi connectivity index (χ3n) is 2.52. The Bertz CT molecular complexity index is 361. The first-order chi connectivity index (χ1) is 7.16. The molecule has 0 spiro atoms. The minimum absolute atomic E-state index is 0.0150. The lowest BCUT2D eigenvalue weighted by Crippen LogP contribution is -2.52. The van der Waals surface area contributed by atoms with E-state index in [-0.39, 0.29) is 23.7 Å². The number of nitrogens with one attached hydrogen (secondary N) is 2. The summed E-state index contributed by atoms with van der Waals surface area (Å²) in [5.41, 5.74) is 0.872. The fourth-order valence-corrected chi connectivity index (χ4v) is 1.69. The Hall–Kier alpha value is -1.55. The zero-order valence-electron chi connectivity index (χ0n) is 8.53. The summed E-state index contributed by atoms with van der Waals surface area (Å²) in [5.74, 6) is 0.196. The third kappa shape index (κ3) is 2.10. The van der Waals surface area contributed by atoms with Gasteiger partial charge in [-0.1, -0.05) is 12.1 Å². The first-order valence-electron chi connectivity index (χ1n) is 4.99. The minimum Gasteiger partial charge on any atom is -0.508 e. The normalized spacial score (nSPS) is 26.1. The Balaban J connectivity index is 2.21. The molecule has 15 heavy (non-hydrogen) atoms. The van der Waals surface area contributed by atoms with Crippen molar-refractivity contribution in [2.45, 2.75) is 19.0 Å². The summed E-state index contributed by atoms with van der Waals surface area (Å²) in [7, 11) is 0. The molecule has 0 aliphatic carbocycles. The molecule has 1 aliphatic heterocycles. The van der Waals surface area contributed by atoms with Crippen LogP contribution < -0.4 is 10.6 Å². The number of phenolic OH excluding ortho intramolecular Hbond substituents is 1. The Labute approximate surface area is 88.3 Å². The number of phenols is 1. The molecule has 80 valence electrons. The van der Waals surface area contributed by atoms with Crippen molar-refractivity contribution in [3.63, 3.8) is 0 Å². The summed E-state index contributed by atoms with van der Waals surface area (Å²) < 4.78 is 0. The molecule has 4 nitrogen and oxygen atoms in total. The van der Waals surface area contributed by atoms with Crippen LogP contribution in [-0.4, -0.2) is 23.6 Å². The van der Waals surface area contributed by atoms with Crippen LogP contribution in [0.3, 0.4) is 0 Å². The number of amides is 1. The van der Waals surface area contributed by atoms with Gasteiger partial charge in [-0.15, -0.1) is 0 Å². The second-order valence-electron chi connectivity index (χ2n) is 3.84. The van der Waals surface area contributed by atoms with Gasteiger partial charge in [-0.2, -0.15) is 0 Å². The predicted octanol–water partition coefficient (Wildman–Crippen LogP) is 0.541. The standard InChI is InChI=1S/C11H14N2O2/c1-7-6-12-11(15)10(13-7)8-2-4-9(14)5-3-8/h2-5,7,10,13-14H,6H2,1H3,(H,12,15).